The average Bonchev–Trinajstić information content (AvgIpc) is 3.04. The Morgan fingerprint density at radius 1 is 1.31 bits per heavy atom. The molecule has 26 heavy (non-hydrogen) atoms. The highest BCUT2D eigenvalue weighted by molar-refractivity contribution is 8.01. The highest BCUT2D eigenvalue weighted by Crippen LogP contribution is 2.27. The SMILES string of the molecule is CCOC(=O)CCCNC(=O)CSc1nnc(Nc2cccc(C)c2)s1. The number of amides is 1. The van der Waals surface area contributed by atoms with Crippen molar-refractivity contribution >= 4 is 45.8 Å². The summed E-state index contributed by atoms with van der Waals surface area (Å²) in [6, 6.07) is 7.99. The van der Waals surface area contributed by atoms with Crippen LogP contribution in [0.15, 0.2) is 28.6 Å². The number of esters is 1. The average molecular weight is 395 g/mol. The number of carbonyl (C=O) groups is 2. The molecule has 0 aliphatic rings. The van der Waals surface area contributed by atoms with Crippen LogP contribution in [-0.4, -0.2) is 41.0 Å². The summed E-state index contributed by atoms with van der Waals surface area (Å²) < 4.78 is 5.55. The summed E-state index contributed by atoms with van der Waals surface area (Å²) in [6.07, 6.45) is 0.879. The van der Waals surface area contributed by atoms with Crippen LogP contribution in [0.5, 0.6) is 0 Å². The summed E-state index contributed by atoms with van der Waals surface area (Å²) in [6.45, 7) is 4.63. The highest BCUT2D eigenvalue weighted by atomic mass is 32.2. The van der Waals surface area contributed by atoms with Crippen LogP contribution in [0.4, 0.5) is 10.8 Å². The molecule has 140 valence electrons. The minimum Gasteiger partial charge on any atom is -0.466 e. The van der Waals surface area contributed by atoms with Gasteiger partial charge >= 0.3 is 5.97 Å². The van der Waals surface area contributed by atoms with Crippen molar-refractivity contribution in [2.24, 2.45) is 0 Å². The van der Waals surface area contributed by atoms with E-state index in [9.17, 15) is 9.59 Å². The Balaban J connectivity index is 1.67. The molecular weight excluding hydrogens is 372 g/mol. The molecule has 0 aliphatic heterocycles. The van der Waals surface area contributed by atoms with Gasteiger partial charge in [-0.3, -0.25) is 9.59 Å². The molecule has 2 N–H and O–H groups in total. The number of aromatic nitrogens is 2. The van der Waals surface area contributed by atoms with E-state index in [1.54, 1.807) is 6.92 Å². The number of hydrogen-bond donors (Lipinski definition) is 2. The quantitative estimate of drug-likeness (QED) is 0.363. The van der Waals surface area contributed by atoms with Crippen molar-refractivity contribution in [3.8, 4) is 0 Å². The lowest BCUT2D eigenvalue weighted by molar-refractivity contribution is -0.143. The number of benzene rings is 1. The fourth-order valence-electron chi connectivity index (χ4n) is 2.04. The molecule has 0 spiro atoms. The molecule has 1 aromatic heterocycles. The summed E-state index contributed by atoms with van der Waals surface area (Å²) in [5, 5.41) is 14.8. The maximum Gasteiger partial charge on any atom is 0.305 e. The molecular formula is C17H22N4O3S2. The number of thioether (sulfide) groups is 1. The van der Waals surface area contributed by atoms with Gasteiger partial charge in [-0.2, -0.15) is 0 Å². The van der Waals surface area contributed by atoms with Crippen LogP contribution in [-0.2, 0) is 14.3 Å². The van der Waals surface area contributed by atoms with E-state index in [-0.39, 0.29) is 17.6 Å². The molecule has 2 rings (SSSR count). The van der Waals surface area contributed by atoms with Crippen LogP contribution in [0, 0.1) is 6.92 Å². The molecule has 0 bridgehead atoms. The van der Waals surface area contributed by atoms with E-state index in [1.807, 2.05) is 31.2 Å². The van der Waals surface area contributed by atoms with Gasteiger partial charge in [0.25, 0.3) is 0 Å². The van der Waals surface area contributed by atoms with Crippen molar-refractivity contribution in [2.75, 3.05) is 24.2 Å². The predicted octanol–water partition coefficient (Wildman–Crippen LogP) is 3.14. The van der Waals surface area contributed by atoms with E-state index < -0.39 is 0 Å². The molecule has 2 aromatic rings. The molecule has 0 saturated heterocycles. The van der Waals surface area contributed by atoms with Gasteiger partial charge in [-0.15, -0.1) is 10.2 Å². The van der Waals surface area contributed by atoms with Gasteiger partial charge in [0, 0.05) is 18.7 Å². The minimum atomic E-state index is -0.237. The van der Waals surface area contributed by atoms with Crippen molar-refractivity contribution in [2.45, 2.75) is 31.0 Å². The van der Waals surface area contributed by atoms with Gasteiger partial charge in [0.2, 0.25) is 11.0 Å². The number of aryl methyl sites for hydroxylation is 1. The van der Waals surface area contributed by atoms with E-state index in [1.165, 1.54) is 23.1 Å². The van der Waals surface area contributed by atoms with Crippen molar-refractivity contribution in [1.29, 1.82) is 0 Å². The molecule has 0 fully saturated rings. The van der Waals surface area contributed by atoms with E-state index in [2.05, 4.69) is 20.8 Å². The number of rotatable bonds is 10. The van der Waals surface area contributed by atoms with Crippen LogP contribution in [0.2, 0.25) is 0 Å². The molecule has 9 heteroatoms. The van der Waals surface area contributed by atoms with Gasteiger partial charge in [0.15, 0.2) is 4.34 Å². The third-order valence-corrected chi connectivity index (χ3v) is 5.16. The fourth-order valence-corrected chi connectivity index (χ4v) is 3.64. The molecule has 0 saturated carbocycles. The summed E-state index contributed by atoms with van der Waals surface area (Å²) >= 11 is 2.74. The lowest BCUT2D eigenvalue weighted by atomic mass is 10.2. The molecule has 7 nitrogen and oxygen atoms in total. The number of anilines is 2. The van der Waals surface area contributed by atoms with Gasteiger partial charge in [0.05, 0.1) is 12.4 Å². The van der Waals surface area contributed by atoms with Gasteiger partial charge in [-0.1, -0.05) is 35.2 Å². The highest BCUT2D eigenvalue weighted by Gasteiger charge is 2.09. The molecule has 0 aliphatic carbocycles. The maximum atomic E-state index is 11.8. The van der Waals surface area contributed by atoms with Crippen molar-refractivity contribution in [3.05, 3.63) is 29.8 Å². The lowest BCUT2D eigenvalue weighted by Gasteiger charge is -2.04. The van der Waals surface area contributed by atoms with E-state index in [0.29, 0.717) is 31.1 Å². The monoisotopic (exact) mass is 394 g/mol. The Morgan fingerprint density at radius 3 is 2.92 bits per heavy atom. The zero-order chi connectivity index (χ0) is 18.8. The Morgan fingerprint density at radius 2 is 2.15 bits per heavy atom. The smallest absolute Gasteiger partial charge is 0.305 e. The summed E-state index contributed by atoms with van der Waals surface area (Å²) in [4.78, 5) is 23.0. The zero-order valence-corrected chi connectivity index (χ0v) is 16.4. The number of hydrogen-bond acceptors (Lipinski definition) is 8. The Bertz CT molecular complexity index is 736. The first-order chi connectivity index (χ1) is 12.6. The topological polar surface area (TPSA) is 93.2 Å². The molecule has 0 atom stereocenters. The Kier molecular flexibility index (Phi) is 8.36. The van der Waals surface area contributed by atoms with Crippen LogP contribution in [0.3, 0.4) is 0 Å². The van der Waals surface area contributed by atoms with Crippen LogP contribution >= 0.6 is 23.1 Å². The van der Waals surface area contributed by atoms with Crippen molar-refractivity contribution in [1.82, 2.24) is 15.5 Å². The summed E-state index contributed by atoms with van der Waals surface area (Å²) in [7, 11) is 0. The van der Waals surface area contributed by atoms with E-state index in [4.69, 9.17) is 4.74 Å². The van der Waals surface area contributed by atoms with Crippen molar-refractivity contribution < 1.29 is 14.3 Å². The molecule has 1 amide bonds. The number of carbonyl (C=O) groups excluding carboxylic acids is 2. The van der Waals surface area contributed by atoms with Crippen molar-refractivity contribution in [3.63, 3.8) is 0 Å². The van der Waals surface area contributed by atoms with Crippen LogP contribution < -0.4 is 10.6 Å². The Labute approximate surface area is 160 Å². The largest absolute Gasteiger partial charge is 0.466 e. The standard InChI is InChI=1S/C17H22N4O3S2/c1-3-24-15(23)8-5-9-18-14(22)11-25-17-21-20-16(26-17)19-13-7-4-6-12(2)10-13/h4,6-7,10H,3,5,8-9,11H2,1-2H3,(H,18,22)(H,19,20). The maximum absolute atomic E-state index is 11.8. The number of nitrogens with zero attached hydrogens (tertiary/aromatic N) is 2. The second-order valence-corrected chi connectivity index (χ2v) is 7.61. The van der Waals surface area contributed by atoms with Crippen LogP contribution in [0.1, 0.15) is 25.3 Å². The van der Waals surface area contributed by atoms with Gasteiger partial charge in [0.1, 0.15) is 0 Å². The van der Waals surface area contributed by atoms with Gasteiger partial charge < -0.3 is 15.4 Å². The first kappa shape index (κ1) is 20.2. The third-order valence-electron chi connectivity index (χ3n) is 3.19. The molecule has 0 unspecified atom stereocenters. The summed E-state index contributed by atoms with van der Waals surface area (Å²) in [5.74, 6) is -0.0701. The van der Waals surface area contributed by atoms with Gasteiger partial charge in [-0.05, 0) is 38.0 Å². The Hall–Kier alpha value is -2.13. The first-order valence-corrected chi connectivity index (χ1v) is 10.1. The third kappa shape index (κ3) is 7.40. The zero-order valence-electron chi connectivity index (χ0n) is 14.8. The molecule has 1 aromatic carbocycles. The molecule has 0 radical (unpaired) electrons. The second kappa shape index (κ2) is 10.8. The lowest BCUT2D eigenvalue weighted by Crippen LogP contribution is -2.26. The van der Waals surface area contributed by atoms with E-state index in [0.717, 1.165) is 15.6 Å². The minimum absolute atomic E-state index is 0.0951. The summed E-state index contributed by atoms with van der Waals surface area (Å²) in [5.41, 5.74) is 2.12. The predicted molar refractivity (Wildman–Crippen MR) is 104 cm³/mol. The van der Waals surface area contributed by atoms with Gasteiger partial charge in [-0.25, -0.2) is 0 Å². The van der Waals surface area contributed by atoms with Crippen LogP contribution in [0.25, 0.3) is 0 Å². The van der Waals surface area contributed by atoms with E-state index >= 15 is 0 Å². The fraction of sp³-hybridized carbons (Fsp3) is 0.412. The number of ether oxygens (including phenoxy) is 1. The molecule has 1 heterocycles. The second-order valence-electron chi connectivity index (χ2n) is 5.41. The first-order valence-electron chi connectivity index (χ1n) is 8.29. The normalized spacial score (nSPS) is 10.4. The number of nitrogens with one attached hydrogen (secondary N) is 2.